The van der Waals surface area contributed by atoms with Gasteiger partial charge in [0.2, 0.25) is 23.7 Å². The summed E-state index contributed by atoms with van der Waals surface area (Å²) in [6, 6.07) is -1.27. The van der Waals surface area contributed by atoms with Crippen molar-refractivity contribution in [3.8, 4) is 0 Å². The number of carbonyl (C=O) groups excluding carboxylic acids is 6. The summed E-state index contributed by atoms with van der Waals surface area (Å²) in [5.41, 5.74) is -1.25. The molecule has 2 heterocycles. The maximum atomic E-state index is 13.1. The second-order valence-corrected chi connectivity index (χ2v) is 7.88. The van der Waals surface area contributed by atoms with Gasteiger partial charge >= 0.3 is 17.9 Å². The fourth-order valence-electron chi connectivity index (χ4n) is 3.73. The normalized spacial score (nSPS) is 16.2. The number of hydrogen-bond acceptors (Lipinski definition) is 11. The molecular weight excluding hydrogens is 482 g/mol. The molecule has 0 radical (unpaired) electrons. The van der Waals surface area contributed by atoms with Crippen LogP contribution in [0.3, 0.4) is 0 Å². The third kappa shape index (κ3) is 6.64. The van der Waals surface area contributed by atoms with E-state index in [1.807, 2.05) is 0 Å². The molecule has 1 aliphatic rings. The summed E-state index contributed by atoms with van der Waals surface area (Å²) in [4.78, 5) is 93.5. The number of rotatable bonds is 7. The first-order chi connectivity index (χ1) is 16.7. The van der Waals surface area contributed by atoms with Crippen molar-refractivity contribution in [3.63, 3.8) is 0 Å². The van der Waals surface area contributed by atoms with E-state index in [1.165, 1.54) is 13.8 Å². The fourth-order valence-corrected chi connectivity index (χ4v) is 3.73. The molecule has 0 saturated heterocycles. The summed E-state index contributed by atoms with van der Waals surface area (Å²) in [5.74, 6) is -4.70. The van der Waals surface area contributed by atoms with E-state index in [2.05, 4.69) is 15.3 Å². The summed E-state index contributed by atoms with van der Waals surface area (Å²) < 4.78 is 15.6. The molecule has 0 bridgehead atoms. The molecule has 36 heavy (non-hydrogen) atoms. The van der Waals surface area contributed by atoms with Gasteiger partial charge < -0.3 is 14.2 Å². The molecule has 0 spiro atoms. The summed E-state index contributed by atoms with van der Waals surface area (Å²) in [6.07, 6.45) is -2.87. The van der Waals surface area contributed by atoms with E-state index in [9.17, 15) is 33.6 Å². The molecule has 1 aliphatic heterocycles. The molecule has 1 aromatic rings. The lowest BCUT2D eigenvalue weighted by Crippen LogP contribution is -2.63. The van der Waals surface area contributed by atoms with Crippen LogP contribution < -0.4 is 20.7 Å². The van der Waals surface area contributed by atoms with Crippen molar-refractivity contribution in [1.29, 1.82) is 0 Å². The fraction of sp³-hybridized carbons (Fsp3) is 0.524. The zero-order valence-corrected chi connectivity index (χ0v) is 20.6. The van der Waals surface area contributed by atoms with E-state index >= 15 is 0 Å². The van der Waals surface area contributed by atoms with Gasteiger partial charge in [0.05, 0.1) is 12.6 Å². The van der Waals surface area contributed by atoms with Gasteiger partial charge in [-0.15, -0.1) is 0 Å². The number of hydrogen-bond donors (Lipinski definition) is 2. The Morgan fingerprint density at radius 3 is 2.06 bits per heavy atom. The number of nitrogens with zero attached hydrogens (tertiary/aromatic N) is 3. The van der Waals surface area contributed by atoms with Gasteiger partial charge in [-0.2, -0.15) is 4.98 Å². The topological polar surface area (TPSA) is 194 Å². The third-order valence-electron chi connectivity index (χ3n) is 4.90. The van der Waals surface area contributed by atoms with E-state index in [1.54, 1.807) is 0 Å². The quantitative estimate of drug-likeness (QED) is 0.346. The van der Waals surface area contributed by atoms with Crippen molar-refractivity contribution < 1.29 is 43.0 Å². The lowest BCUT2D eigenvalue weighted by Gasteiger charge is -2.44. The zero-order valence-electron chi connectivity index (χ0n) is 20.6. The number of carbonyl (C=O) groups is 6. The van der Waals surface area contributed by atoms with Gasteiger partial charge in [0.1, 0.15) is 6.61 Å². The predicted octanol–water partition coefficient (Wildman–Crippen LogP) is -0.757. The van der Waals surface area contributed by atoms with Crippen LogP contribution >= 0.6 is 0 Å². The van der Waals surface area contributed by atoms with Gasteiger partial charge in [-0.25, -0.2) is 0 Å². The molecule has 196 valence electrons. The first-order valence-electron chi connectivity index (χ1n) is 10.7. The maximum Gasteiger partial charge on any atom is 0.303 e. The second-order valence-electron chi connectivity index (χ2n) is 7.88. The van der Waals surface area contributed by atoms with Gasteiger partial charge in [0.15, 0.2) is 23.7 Å². The number of nitrogens with one attached hydrogen (secondary N) is 2. The van der Waals surface area contributed by atoms with Gasteiger partial charge in [0, 0.05) is 41.5 Å². The van der Waals surface area contributed by atoms with E-state index in [-0.39, 0.29) is 24.0 Å². The molecule has 2 rings (SSSR count). The molecule has 15 nitrogen and oxygen atoms in total. The van der Waals surface area contributed by atoms with Crippen LogP contribution in [0.4, 0.5) is 17.5 Å². The summed E-state index contributed by atoms with van der Waals surface area (Å²) >= 11 is 0. The number of anilines is 3. The SMILES string of the molecule is CC(=O)Nc1nc2c(c(=O)[nH]1)N(C(C)=O)[C@H]([C@@H](OC(C)=O)[C@@H](COC(C)=O)OC(C)=O)CN2C(C)=O. The predicted molar refractivity (Wildman–Crippen MR) is 122 cm³/mol. The van der Waals surface area contributed by atoms with Crippen LogP contribution in [0.2, 0.25) is 0 Å². The molecule has 15 heteroatoms. The minimum atomic E-state index is -1.47. The van der Waals surface area contributed by atoms with Gasteiger partial charge in [0.25, 0.3) is 5.56 Å². The number of aromatic amines is 1. The van der Waals surface area contributed by atoms with Crippen molar-refractivity contribution in [2.45, 2.75) is 59.8 Å². The number of aromatic nitrogens is 2. The molecule has 0 saturated carbocycles. The number of H-pyrrole nitrogens is 1. The molecule has 0 aromatic carbocycles. The molecule has 0 aliphatic carbocycles. The number of esters is 3. The Labute approximate surface area is 205 Å². The molecule has 1 aromatic heterocycles. The second kappa shape index (κ2) is 11.4. The standard InChI is InChI=1S/C21H27N5O10/c1-9(27)22-21-23-19-17(20(33)24-21)26(11(3)29)15(7-25(19)10(2)28)18(36-14(6)32)16(35-13(5)31)8-34-12(4)30/h15-16,18H,7-8H2,1-6H3,(H2,22,23,24,27,33)/t15-,16+,18+/m0/s1. The van der Waals surface area contributed by atoms with E-state index in [4.69, 9.17) is 14.2 Å². The lowest BCUT2D eigenvalue weighted by atomic mass is 9.99. The summed E-state index contributed by atoms with van der Waals surface area (Å²) in [7, 11) is 0. The van der Waals surface area contributed by atoms with Crippen LogP contribution in [0.15, 0.2) is 4.79 Å². The smallest absolute Gasteiger partial charge is 0.303 e. The van der Waals surface area contributed by atoms with Gasteiger partial charge in [-0.1, -0.05) is 0 Å². The van der Waals surface area contributed by atoms with Gasteiger partial charge in [-0.3, -0.25) is 53.7 Å². The summed E-state index contributed by atoms with van der Waals surface area (Å²) in [6.45, 7) is 5.83. The Kier molecular flexibility index (Phi) is 8.86. The Hall–Kier alpha value is -4.30. The van der Waals surface area contributed by atoms with Crippen LogP contribution in [0.5, 0.6) is 0 Å². The Balaban J connectivity index is 2.74. The van der Waals surface area contributed by atoms with Crippen LogP contribution in [0, 0.1) is 0 Å². The van der Waals surface area contributed by atoms with Crippen LogP contribution in [0.25, 0.3) is 0 Å². The van der Waals surface area contributed by atoms with E-state index < -0.39 is 66.0 Å². The van der Waals surface area contributed by atoms with Crippen molar-refractivity contribution in [2.75, 3.05) is 28.3 Å². The third-order valence-corrected chi connectivity index (χ3v) is 4.90. The average Bonchev–Trinajstić information content (AvgIpc) is 2.72. The van der Waals surface area contributed by atoms with Gasteiger partial charge in [-0.05, 0) is 0 Å². The minimum Gasteiger partial charge on any atom is -0.462 e. The largest absolute Gasteiger partial charge is 0.462 e. The van der Waals surface area contributed by atoms with Crippen molar-refractivity contribution >= 4 is 53.1 Å². The molecule has 3 atom stereocenters. The summed E-state index contributed by atoms with van der Waals surface area (Å²) in [5, 5.41) is 2.30. The average molecular weight is 509 g/mol. The lowest BCUT2D eigenvalue weighted by molar-refractivity contribution is -0.174. The maximum absolute atomic E-state index is 13.1. The van der Waals surface area contributed by atoms with Crippen LogP contribution in [0.1, 0.15) is 41.5 Å². The minimum absolute atomic E-state index is 0.230. The Morgan fingerprint density at radius 1 is 0.972 bits per heavy atom. The zero-order chi connectivity index (χ0) is 27.3. The van der Waals surface area contributed by atoms with Crippen LogP contribution in [-0.4, -0.2) is 77.0 Å². The highest BCUT2D eigenvalue weighted by Crippen LogP contribution is 2.34. The number of fused-ring (bicyclic) bond motifs is 1. The first kappa shape index (κ1) is 27.9. The molecule has 0 fully saturated rings. The molecule has 2 N–H and O–H groups in total. The Morgan fingerprint density at radius 2 is 1.58 bits per heavy atom. The molecule has 0 unspecified atom stereocenters. The van der Waals surface area contributed by atoms with E-state index in [0.29, 0.717) is 0 Å². The highest BCUT2D eigenvalue weighted by atomic mass is 16.6. The molecular formula is C21H27N5O10. The van der Waals surface area contributed by atoms with Crippen LogP contribution in [-0.2, 0) is 43.0 Å². The number of amides is 3. The van der Waals surface area contributed by atoms with Crippen molar-refractivity contribution in [1.82, 2.24) is 9.97 Å². The highest BCUT2D eigenvalue weighted by Gasteiger charge is 2.47. The molecule has 3 amide bonds. The van der Waals surface area contributed by atoms with Crippen molar-refractivity contribution in [2.24, 2.45) is 0 Å². The number of ether oxygens (including phenoxy) is 3. The van der Waals surface area contributed by atoms with Crippen molar-refractivity contribution in [3.05, 3.63) is 10.4 Å². The highest BCUT2D eigenvalue weighted by molar-refractivity contribution is 6.02. The van der Waals surface area contributed by atoms with E-state index in [0.717, 1.165) is 37.5 Å². The Bertz CT molecular complexity index is 1150. The monoisotopic (exact) mass is 509 g/mol. The first-order valence-corrected chi connectivity index (χ1v) is 10.7.